The maximum absolute atomic E-state index is 12.8. The van der Waals surface area contributed by atoms with Crippen LogP contribution in [0.15, 0.2) is 30.3 Å². The van der Waals surface area contributed by atoms with Gasteiger partial charge in [-0.3, -0.25) is 9.59 Å². The molecule has 2 N–H and O–H groups in total. The van der Waals surface area contributed by atoms with E-state index in [-0.39, 0.29) is 41.1 Å². The van der Waals surface area contributed by atoms with Crippen LogP contribution in [0.2, 0.25) is 0 Å². The molecule has 0 atom stereocenters. The zero-order valence-electron chi connectivity index (χ0n) is 18.4. The van der Waals surface area contributed by atoms with Crippen molar-refractivity contribution in [3.8, 4) is 22.6 Å². The van der Waals surface area contributed by atoms with E-state index in [0.29, 0.717) is 35.9 Å². The van der Waals surface area contributed by atoms with E-state index in [2.05, 4.69) is 5.32 Å². The first-order chi connectivity index (χ1) is 14.8. The minimum Gasteiger partial charge on any atom is -0.504 e. The Balaban J connectivity index is 2.56. The number of carbonyl (C=O) groups is 3. The Morgan fingerprint density at radius 1 is 1.16 bits per heavy atom. The molecule has 2 rings (SSSR count). The summed E-state index contributed by atoms with van der Waals surface area (Å²) in [6.07, 6.45) is 2.19. The largest absolute Gasteiger partial charge is 0.504 e. The molecule has 0 fully saturated rings. The highest BCUT2D eigenvalue weighted by atomic mass is 16.5. The Labute approximate surface area is 182 Å². The van der Waals surface area contributed by atoms with E-state index >= 15 is 0 Å². The highest BCUT2D eigenvalue weighted by Gasteiger charge is 2.21. The lowest BCUT2D eigenvalue weighted by Crippen LogP contribution is -2.27. The fourth-order valence-electron chi connectivity index (χ4n) is 2.95. The summed E-state index contributed by atoms with van der Waals surface area (Å²) in [5.41, 5.74) is 1.39. The molecule has 2 aromatic carbocycles. The average molecular weight is 427 g/mol. The summed E-state index contributed by atoms with van der Waals surface area (Å²) in [6, 6.07) is 7.36. The molecular formula is C24H29NO6. The topological polar surface area (TPSA) is 102 Å². The van der Waals surface area contributed by atoms with Gasteiger partial charge in [-0.2, -0.15) is 0 Å². The molecule has 0 unspecified atom stereocenters. The Hall–Kier alpha value is -3.35. The van der Waals surface area contributed by atoms with E-state index in [1.165, 1.54) is 25.3 Å². The van der Waals surface area contributed by atoms with Crippen LogP contribution in [-0.2, 0) is 4.74 Å². The molecule has 0 saturated carbocycles. The second-order valence-corrected chi connectivity index (χ2v) is 7.58. The monoisotopic (exact) mass is 427 g/mol. The summed E-state index contributed by atoms with van der Waals surface area (Å²) in [5.74, 6) is -0.668. The van der Waals surface area contributed by atoms with Crippen molar-refractivity contribution in [3.63, 3.8) is 0 Å². The Morgan fingerprint density at radius 2 is 1.90 bits per heavy atom. The van der Waals surface area contributed by atoms with Gasteiger partial charge in [0.2, 0.25) is 0 Å². The van der Waals surface area contributed by atoms with Crippen LogP contribution in [0.25, 0.3) is 11.1 Å². The number of ether oxygens (including phenoxy) is 2. The number of amides is 1. The quantitative estimate of drug-likeness (QED) is 0.334. The number of hydrogen-bond donors (Lipinski definition) is 2. The molecule has 0 aromatic heterocycles. The number of aromatic hydroxyl groups is 1. The number of aldehydes is 1. The summed E-state index contributed by atoms with van der Waals surface area (Å²) in [6.45, 7) is 6.69. The van der Waals surface area contributed by atoms with Crippen molar-refractivity contribution in [1.82, 2.24) is 5.32 Å². The molecule has 7 nitrogen and oxygen atoms in total. The normalized spacial score (nSPS) is 10.6. The Bertz CT molecular complexity index is 951. The van der Waals surface area contributed by atoms with Crippen molar-refractivity contribution in [2.24, 2.45) is 5.92 Å². The standard InChI is InChI=1S/C24H29NO6/c1-5-6-9-31-24(29)20-10-16(23(28)25-13-15(2)3)7-8-18(20)19-12-21(27)22(30-4)11-17(19)14-26/h7-8,10-12,14-15,27H,5-6,9,13H2,1-4H3,(H,25,28). The third-order valence-corrected chi connectivity index (χ3v) is 4.67. The van der Waals surface area contributed by atoms with Crippen LogP contribution < -0.4 is 10.1 Å². The Kier molecular flexibility index (Phi) is 8.61. The molecule has 0 spiro atoms. The lowest BCUT2D eigenvalue weighted by molar-refractivity contribution is 0.0500. The zero-order chi connectivity index (χ0) is 23.0. The third kappa shape index (κ3) is 6.07. The number of benzene rings is 2. The number of nitrogens with one attached hydrogen (secondary N) is 1. The molecule has 2 aromatic rings. The van der Waals surface area contributed by atoms with Crippen LogP contribution in [0.5, 0.6) is 11.5 Å². The van der Waals surface area contributed by atoms with Crippen molar-refractivity contribution in [2.45, 2.75) is 33.6 Å². The first-order valence-corrected chi connectivity index (χ1v) is 10.3. The van der Waals surface area contributed by atoms with Gasteiger partial charge >= 0.3 is 5.97 Å². The molecule has 1 amide bonds. The zero-order valence-corrected chi connectivity index (χ0v) is 18.4. The van der Waals surface area contributed by atoms with Crippen molar-refractivity contribution in [2.75, 3.05) is 20.3 Å². The average Bonchev–Trinajstić information content (AvgIpc) is 2.76. The number of hydrogen-bond acceptors (Lipinski definition) is 6. The van der Waals surface area contributed by atoms with Gasteiger partial charge in [0.1, 0.15) is 0 Å². The number of methoxy groups -OCH3 is 1. The van der Waals surface area contributed by atoms with E-state index in [1.807, 2.05) is 20.8 Å². The van der Waals surface area contributed by atoms with Crippen molar-refractivity contribution in [1.29, 1.82) is 0 Å². The fraction of sp³-hybridized carbons (Fsp3) is 0.375. The highest BCUT2D eigenvalue weighted by molar-refractivity contribution is 6.04. The molecule has 0 heterocycles. The van der Waals surface area contributed by atoms with Crippen LogP contribution in [-0.4, -0.2) is 43.5 Å². The minimum absolute atomic E-state index is 0.140. The fourth-order valence-corrected chi connectivity index (χ4v) is 2.95. The van der Waals surface area contributed by atoms with Crippen molar-refractivity contribution >= 4 is 18.2 Å². The number of rotatable bonds is 10. The summed E-state index contributed by atoms with van der Waals surface area (Å²) >= 11 is 0. The van der Waals surface area contributed by atoms with Gasteiger partial charge < -0.3 is 19.9 Å². The summed E-state index contributed by atoms with van der Waals surface area (Å²) < 4.78 is 10.4. The highest BCUT2D eigenvalue weighted by Crippen LogP contribution is 2.36. The molecule has 31 heavy (non-hydrogen) atoms. The van der Waals surface area contributed by atoms with Crippen LogP contribution in [0, 0.1) is 5.92 Å². The summed E-state index contributed by atoms with van der Waals surface area (Å²) in [4.78, 5) is 37.0. The smallest absolute Gasteiger partial charge is 0.338 e. The maximum Gasteiger partial charge on any atom is 0.338 e. The van der Waals surface area contributed by atoms with Crippen LogP contribution in [0.3, 0.4) is 0 Å². The van der Waals surface area contributed by atoms with E-state index in [1.54, 1.807) is 12.1 Å². The van der Waals surface area contributed by atoms with Crippen LogP contribution >= 0.6 is 0 Å². The van der Waals surface area contributed by atoms with Crippen LogP contribution in [0.4, 0.5) is 0 Å². The molecule has 0 radical (unpaired) electrons. The van der Waals surface area contributed by atoms with Gasteiger partial charge in [-0.15, -0.1) is 0 Å². The number of esters is 1. The van der Waals surface area contributed by atoms with Gasteiger partial charge in [0, 0.05) is 17.7 Å². The van der Waals surface area contributed by atoms with Crippen LogP contribution in [0.1, 0.15) is 64.7 Å². The maximum atomic E-state index is 12.8. The SMILES string of the molecule is CCCCOC(=O)c1cc(C(=O)NCC(C)C)ccc1-c1cc(O)c(OC)cc1C=O. The molecule has 0 bridgehead atoms. The molecule has 0 aliphatic rings. The van der Waals surface area contributed by atoms with Gasteiger partial charge in [-0.05, 0) is 47.7 Å². The first kappa shape index (κ1) is 23.9. The molecular weight excluding hydrogens is 398 g/mol. The third-order valence-electron chi connectivity index (χ3n) is 4.67. The van der Waals surface area contributed by atoms with Gasteiger partial charge in [0.05, 0.1) is 19.3 Å². The van der Waals surface area contributed by atoms with Gasteiger partial charge in [-0.1, -0.05) is 33.3 Å². The molecule has 166 valence electrons. The van der Waals surface area contributed by atoms with E-state index < -0.39 is 5.97 Å². The second kappa shape index (κ2) is 11.2. The Morgan fingerprint density at radius 3 is 2.52 bits per heavy atom. The summed E-state index contributed by atoms with van der Waals surface area (Å²) in [5, 5.41) is 13.0. The number of carbonyl (C=O) groups excluding carboxylic acids is 3. The summed E-state index contributed by atoms with van der Waals surface area (Å²) in [7, 11) is 1.38. The van der Waals surface area contributed by atoms with Gasteiger partial charge in [0.15, 0.2) is 17.8 Å². The van der Waals surface area contributed by atoms with Gasteiger partial charge in [0.25, 0.3) is 5.91 Å². The number of unbranched alkanes of at least 4 members (excludes halogenated alkanes) is 1. The predicted molar refractivity (Wildman–Crippen MR) is 118 cm³/mol. The van der Waals surface area contributed by atoms with Gasteiger partial charge in [-0.25, -0.2) is 4.79 Å². The van der Waals surface area contributed by atoms with Crippen molar-refractivity contribution < 1.29 is 29.0 Å². The number of phenols is 1. The first-order valence-electron chi connectivity index (χ1n) is 10.3. The predicted octanol–water partition coefficient (Wildman–Crippen LogP) is 4.22. The lowest BCUT2D eigenvalue weighted by atomic mass is 9.93. The van der Waals surface area contributed by atoms with E-state index in [0.717, 1.165) is 6.42 Å². The molecule has 0 aliphatic carbocycles. The minimum atomic E-state index is -0.603. The van der Waals surface area contributed by atoms with E-state index in [4.69, 9.17) is 9.47 Å². The van der Waals surface area contributed by atoms with E-state index in [9.17, 15) is 19.5 Å². The lowest BCUT2D eigenvalue weighted by Gasteiger charge is -2.15. The second-order valence-electron chi connectivity index (χ2n) is 7.58. The van der Waals surface area contributed by atoms with Crippen molar-refractivity contribution in [3.05, 3.63) is 47.0 Å². The number of phenolic OH excluding ortho intramolecular Hbond substituents is 1. The molecule has 0 aliphatic heterocycles. The molecule has 7 heteroatoms. The molecule has 0 saturated heterocycles.